The zero-order chi connectivity index (χ0) is 9.60. The maximum atomic E-state index is 3.54. The zero-order valence-corrected chi connectivity index (χ0v) is 9.68. The lowest BCUT2D eigenvalue weighted by Gasteiger charge is -2.07. The highest BCUT2D eigenvalue weighted by molar-refractivity contribution is 9.10. The van der Waals surface area contributed by atoms with E-state index in [4.69, 9.17) is 0 Å². The molecule has 1 N–H and O–H groups in total. The van der Waals surface area contributed by atoms with Crippen LogP contribution in [0.15, 0.2) is 28.7 Å². The highest BCUT2D eigenvalue weighted by Crippen LogP contribution is 2.62. The van der Waals surface area contributed by atoms with Crippen molar-refractivity contribution in [2.45, 2.75) is 18.8 Å². The standard InChI is InChI=1S/C12H14BrN/c13-10-3-1-2-9(6-10)11-7-12(11)4-5-14-8-12/h1-3,6,11,14H,4-5,7-8H2. The summed E-state index contributed by atoms with van der Waals surface area (Å²) >= 11 is 3.54. The van der Waals surface area contributed by atoms with Gasteiger partial charge in [0.25, 0.3) is 0 Å². The molecule has 1 spiro atoms. The van der Waals surface area contributed by atoms with Gasteiger partial charge in [-0.25, -0.2) is 0 Å². The van der Waals surface area contributed by atoms with Crippen molar-refractivity contribution in [2.24, 2.45) is 5.41 Å². The van der Waals surface area contributed by atoms with E-state index in [9.17, 15) is 0 Å². The van der Waals surface area contributed by atoms with Crippen molar-refractivity contribution in [3.05, 3.63) is 34.3 Å². The fourth-order valence-corrected chi connectivity index (χ4v) is 3.19. The van der Waals surface area contributed by atoms with E-state index in [0.717, 1.165) is 5.92 Å². The number of hydrogen-bond acceptors (Lipinski definition) is 1. The molecule has 1 saturated heterocycles. The maximum absolute atomic E-state index is 3.54. The van der Waals surface area contributed by atoms with Crippen LogP contribution in [0.2, 0.25) is 0 Å². The number of benzene rings is 1. The molecule has 2 atom stereocenters. The van der Waals surface area contributed by atoms with Gasteiger partial charge in [-0.3, -0.25) is 0 Å². The van der Waals surface area contributed by atoms with Crippen LogP contribution in [0.25, 0.3) is 0 Å². The van der Waals surface area contributed by atoms with Crippen molar-refractivity contribution in [3.8, 4) is 0 Å². The number of nitrogens with one attached hydrogen (secondary N) is 1. The first-order valence-electron chi connectivity index (χ1n) is 5.26. The average Bonchev–Trinajstić information content (AvgIpc) is 2.65. The molecule has 0 bridgehead atoms. The van der Waals surface area contributed by atoms with Crippen molar-refractivity contribution >= 4 is 15.9 Å². The lowest BCUT2D eigenvalue weighted by molar-refractivity contribution is 0.549. The third kappa shape index (κ3) is 1.32. The van der Waals surface area contributed by atoms with Crippen molar-refractivity contribution < 1.29 is 0 Å². The number of halogens is 1. The Hall–Kier alpha value is -0.340. The van der Waals surface area contributed by atoms with E-state index in [-0.39, 0.29) is 0 Å². The Bertz CT molecular complexity index is 355. The van der Waals surface area contributed by atoms with Crippen LogP contribution in [0, 0.1) is 5.41 Å². The van der Waals surface area contributed by atoms with E-state index in [1.165, 1.54) is 36.0 Å². The van der Waals surface area contributed by atoms with Gasteiger partial charge in [0.2, 0.25) is 0 Å². The summed E-state index contributed by atoms with van der Waals surface area (Å²) < 4.78 is 1.21. The molecular weight excluding hydrogens is 238 g/mol. The van der Waals surface area contributed by atoms with E-state index in [1.54, 1.807) is 0 Å². The molecule has 1 aromatic carbocycles. The van der Waals surface area contributed by atoms with Crippen molar-refractivity contribution in [1.82, 2.24) is 5.32 Å². The van der Waals surface area contributed by atoms with Gasteiger partial charge in [-0.05, 0) is 48.4 Å². The molecule has 2 unspecified atom stereocenters. The Labute approximate surface area is 93.0 Å². The van der Waals surface area contributed by atoms with Crippen LogP contribution in [0.4, 0.5) is 0 Å². The van der Waals surface area contributed by atoms with Gasteiger partial charge in [-0.1, -0.05) is 28.1 Å². The predicted octanol–water partition coefficient (Wildman–Crippen LogP) is 2.92. The first kappa shape index (κ1) is 8.93. The second-order valence-corrected chi connectivity index (χ2v) is 5.52. The molecule has 2 aliphatic rings. The Morgan fingerprint density at radius 2 is 2.36 bits per heavy atom. The van der Waals surface area contributed by atoms with Gasteiger partial charge in [0.1, 0.15) is 0 Å². The van der Waals surface area contributed by atoms with Crippen LogP contribution >= 0.6 is 15.9 Å². The summed E-state index contributed by atoms with van der Waals surface area (Å²) in [5.74, 6) is 0.815. The third-order valence-corrected chi connectivity index (χ3v) is 4.21. The SMILES string of the molecule is Brc1cccc(C2CC23CCNC3)c1. The van der Waals surface area contributed by atoms with Crippen LogP contribution in [0.1, 0.15) is 24.3 Å². The monoisotopic (exact) mass is 251 g/mol. The Morgan fingerprint density at radius 1 is 1.43 bits per heavy atom. The minimum absolute atomic E-state index is 0.626. The molecule has 2 heteroatoms. The second-order valence-electron chi connectivity index (χ2n) is 4.60. The smallest absolute Gasteiger partial charge is 0.0178 e. The first-order chi connectivity index (χ1) is 6.80. The molecule has 1 aliphatic carbocycles. The van der Waals surface area contributed by atoms with Crippen molar-refractivity contribution in [2.75, 3.05) is 13.1 Å². The maximum Gasteiger partial charge on any atom is 0.0178 e. The van der Waals surface area contributed by atoms with Crippen LogP contribution in [0.5, 0.6) is 0 Å². The van der Waals surface area contributed by atoms with Gasteiger partial charge >= 0.3 is 0 Å². The molecule has 14 heavy (non-hydrogen) atoms. The lowest BCUT2D eigenvalue weighted by Crippen LogP contribution is -2.10. The van der Waals surface area contributed by atoms with Crippen molar-refractivity contribution in [3.63, 3.8) is 0 Å². The van der Waals surface area contributed by atoms with Gasteiger partial charge < -0.3 is 5.32 Å². The zero-order valence-electron chi connectivity index (χ0n) is 8.09. The van der Waals surface area contributed by atoms with Crippen molar-refractivity contribution in [1.29, 1.82) is 0 Å². The Morgan fingerprint density at radius 3 is 3.07 bits per heavy atom. The third-order valence-electron chi connectivity index (χ3n) is 3.72. The van der Waals surface area contributed by atoms with Gasteiger partial charge in [-0.15, -0.1) is 0 Å². The molecule has 74 valence electrons. The summed E-state index contributed by atoms with van der Waals surface area (Å²) in [6.07, 6.45) is 2.75. The summed E-state index contributed by atoms with van der Waals surface area (Å²) in [6.45, 7) is 2.44. The molecule has 1 aromatic rings. The molecule has 2 fully saturated rings. The molecule has 1 saturated carbocycles. The van der Waals surface area contributed by atoms with E-state index < -0.39 is 0 Å². The van der Waals surface area contributed by atoms with Crippen LogP contribution in [-0.4, -0.2) is 13.1 Å². The average molecular weight is 252 g/mol. The van der Waals surface area contributed by atoms with Crippen LogP contribution in [0.3, 0.4) is 0 Å². The quantitative estimate of drug-likeness (QED) is 0.810. The summed E-state index contributed by atoms with van der Waals surface area (Å²) in [5, 5.41) is 3.48. The molecule has 0 amide bonds. The highest BCUT2D eigenvalue weighted by Gasteiger charge is 2.55. The van der Waals surface area contributed by atoms with Gasteiger partial charge in [0.05, 0.1) is 0 Å². The van der Waals surface area contributed by atoms with Gasteiger partial charge in [0.15, 0.2) is 0 Å². The summed E-state index contributed by atoms with van der Waals surface area (Å²) in [4.78, 5) is 0. The molecule has 1 nitrogen and oxygen atoms in total. The summed E-state index contributed by atoms with van der Waals surface area (Å²) in [5.41, 5.74) is 2.14. The van der Waals surface area contributed by atoms with Crippen LogP contribution in [-0.2, 0) is 0 Å². The number of hydrogen-bond donors (Lipinski definition) is 1. The molecule has 1 aliphatic heterocycles. The molecule has 0 aromatic heterocycles. The van der Waals surface area contributed by atoms with Gasteiger partial charge in [0, 0.05) is 11.0 Å². The van der Waals surface area contributed by atoms with E-state index in [1.807, 2.05) is 0 Å². The summed E-state index contributed by atoms with van der Waals surface area (Å²) in [6, 6.07) is 8.79. The minimum atomic E-state index is 0.626. The highest BCUT2D eigenvalue weighted by atomic mass is 79.9. The molecule has 0 radical (unpaired) electrons. The van der Waals surface area contributed by atoms with Gasteiger partial charge in [-0.2, -0.15) is 0 Å². The van der Waals surface area contributed by atoms with E-state index >= 15 is 0 Å². The topological polar surface area (TPSA) is 12.0 Å². The van der Waals surface area contributed by atoms with E-state index in [0.29, 0.717) is 5.41 Å². The van der Waals surface area contributed by atoms with E-state index in [2.05, 4.69) is 45.5 Å². The first-order valence-corrected chi connectivity index (χ1v) is 6.06. The largest absolute Gasteiger partial charge is 0.316 e. The predicted molar refractivity (Wildman–Crippen MR) is 61.4 cm³/mol. The lowest BCUT2D eigenvalue weighted by atomic mass is 9.98. The molecule has 3 rings (SSSR count). The second kappa shape index (κ2) is 3.07. The Balaban J connectivity index is 1.85. The Kier molecular flexibility index (Phi) is 1.96. The molecule has 1 heterocycles. The fourth-order valence-electron chi connectivity index (χ4n) is 2.78. The number of rotatable bonds is 1. The minimum Gasteiger partial charge on any atom is -0.316 e. The normalized spacial score (nSPS) is 35.1. The van der Waals surface area contributed by atoms with Crippen LogP contribution < -0.4 is 5.32 Å². The summed E-state index contributed by atoms with van der Waals surface area (Å²) in [7, 11) is 0. The fraction of sp³-hybridized carbons (Fsp3) is 0.500. The molecular formula is C12H14BrN.